The lowest BCUT2D eigenvalue weighted by molar-refractivity contribution is -0.137. The van der Waals surface area contributed by atoms with Gasteiger partial charge in [-0.25, -0.2) is 4.98 Å². The zero-order valence-electron chi connectivity index (χ0n) is 15.7. The van der Waals surface area contributed by atoms with E-state index >= 15 is 0 Å². The third kappa shape index (κ3) is 3.99. The van der Waals surface area contributed by atoms with E-state index in [9.17, 15) is 4.79 Å². The molecule has 1 heterocycles. The highest BCUT2D eigenvalue weighted by atomic mass is 35.5. The Labute approximate surface area is 163 Å². The van der Waals surface area contributed by atoms with Gasteiger partial charge in [-0.3, -0.25) is 9.36 Å². The van der Waals surface area contributed by atoms with Gasteiger partial charge in [-0.2, -0.15) is 0 Å². The first-order valence-corrected chi connectivity index (χ1v) is 9.45. The monoisotopic (exact) mass is 386 g/mol. The summed E-state index contributed by atoms with van der Waals surface area (Å²) in [4.78, 5) is 16.6. The van der Waals surface area contributed by atoms with Crippen LogP contribution in [0.15, 0.2) is 36.4 Å². The van der Waals surface area contributed by atoms with Crippen LogP contribution in [0.1, 0.15) is 32.2 Å². The highest BCUT2D eigenvalue weighted by Gasteiger charge is 2.17. The smallest absolute Gasteiger partial charge is 0.313 e. The number of rotatable bonds is 6. The molecule has 6 heteroatoms. The number of esters is 1. The Morgan fingerprint density at radius 1 is 1.26 bits per heavy atom. The number of fused-ring (bicyclic) bond motifs is 1. The molecule has 0 unspecified atom stereocenters. The molecule has 0 radical (unpaired) electrons. The SMILES string of the molecule is CCc1nc2cc(OC(=O)C(C)C)c(Cl)cc2n1-c1ccc(CCO)cc1. The van der Waals surface area contributed by atoms with Crippen LogP contribution in [0.4, 0.5) is 0 Å². The average Bonchev–Trinajstić information content (AvgIpc) is 3.00. The van der Waals surface area contributed by atoms with Gasteiger partial charge in [-0.05, 0) is 30.2 Å². The summed E-state index contributed by atoms with van der Waals surface area (Å²) < 4.78 is 7.46. The molecular formula is C21H23ClN2O3. The fraction of sp³-hybridized carbons (Fsp3) is 0.333. The standard InChI is InChI=1S/C21H23ClN2O3/c1-4-20-23-17-12-19(27-21(26)13(2)3)16(22)11-18(17)24(20)15-7-5-14(6-8-15)9-10-25/h5-8,11-13,25H,4,9-10H2,1-3H3. The summed E-state index contributed by atoms with van der Waals surface area (Å²) in [5, 5.41) is 9.46. The number of aromatic nitrogens is 2. The minimum absolute atomic E-state index is 0.126. The van der Waals surface area contributed by atoms with Crippen molar-refractivity contribution in [2.75, 3.05) is 6.61 Å². The first-order valence-electron chi connectivity index (χ1n) is 9.07. The molecular weight excluding hydrogens is 364 g/mol. The van der Waals surface area contributed by atoms with Crippen LogP contribution in [-0.4, -0.2) is 27.2 Å². The highest BCUT2D eigenvalue weighted by Crippen LogP contribution is 2.32. The average molecular weight is 387 g/mol. The summed E-state index contributed by atoms with van der Waals surface area (Å²) in [6.45, 7) is 5.72. The Hall–Kier alpha value is -2.37. The van der Waals surface area contributed by atoms with E-state index in [0.717, 1.165) is 34.5 Å². The quantitative estimate of drug-likeness (QED) is 0.505. The number of nitrogens with zero attached hydrogens (tertiary/aromatic N) is 2. The summed E-state index contributed by atoms with van der Waals surface area (Å²) in [5.74, 6) is 0.653. The topological polar surface area (TPSA) is 64.3 Å². The number of carbonyl (C=O) groups excluding carboxylic acids is 1. The van der Waals surface area contributed by atoms with Crippen LogP contribution >= 0.6 is 11.6 Å². The Kier molecular flexibility index (Phi) is 5.82. The number of aryl methyl sites for hydroxylation is 1. The van der Waals surface area contributed by atoms with E-state index < -0.39 is 0 Å². The van der Waals surface area contributed by atoms with Crippen LogP contribution in [0.5, 0.6) is 5.75 Å². The molecule has 0 aliphatic carbocycles. The molecule has 27 heavy (non-hydrogen) atoms. The fourth-order valence-electron chi connectivity index (χ4n) is 2.90. The van der Waals surface area contributed by atoms with Gasteiger partial charge in [0.1, 0.15) is 5.82 Å². The van der Waals surface area contributed by atoms with Crippen LogP contribution in [0.25, 0.3) is 16.7 Å². The lowest BCUT2D eigenvalue weighted by Crippen LogP contribution is -2.14. The van der Waals surface area contributed by atoms with Crippen molar-refractivity contribution in [2.45, 2.75) is 33.6 Å². The molecule has 0 aliphatic rings. The predicted octanol–water partition coefficient (Wildman–Crippen LogP) is 4.34. The van der Waals surface area contributed by atoms with Crippen molar-refractivity contribution < 1.29 is 14.6 Å². The van der Waals surface area contributed by atoms with Gasteiger partial charge in [0.2, 0.25) is 0 Å². The summed E-state index contributed by atoms with van der Waals surface area (Å²) in [6, 6.07) is 11.5. The number of carbonyl (C=O) groups is 1. The molecule has 2 aromatic carbocycles. The maximum absolute atomic E-state index is 11.9. The van der Waals surface area contributed by atoms with E-state index in [2.05, 4.69) is 4.57 Å². The van der Waals surface area contributed by atoms with Gasteiger partial charge < -0.3 is 9.84 Å². The first kappa shape index (κ1) is 19.4. The summed E-state index contributed by atoms with van der Waals surface area (Å²) >= 11 is 6.38. The third-order valence-corrected chi connectivity index (χ3v) is 4.67. The van der Waals surface area contributed by atoms with Crippen molar-refractivity contribution in [3.05, 3.63) is 52.8 Å². The zero-order valence-corrected chi connectivity index (χ0v) is 16.5. The molecule has 142 valence electrons. The van der Waals surface area contributed by atoms with Crippen molar-refractivity contribution in [2.24, 2.45) is 5.92 Å². The van der Waals surface area contributed by atoms with Crippen molar-refractivity contribution in [3.63, 3.8) is 0 Å². The number of halogens is 1. The second-order valence-electron chi connectivity index (χ2n) is 6.70. The molecule has 0 aliphatic heterocycles. The van der Waals surface area contributed by atoms with E-state index in [-0.39, 0.29) is 18.5 Å². The third-order valence-electron chi connectivity index (χ3n) is 4.37. The van der Waals surface area contributed by atoms with E-state index in [1.165, 1.54) is 0 Å². The van der Waals surface area contributed by atoms with Crippen LogP contribution < -0.4 is 4.74 Å². The lowest BCUT2D eigenvalue weighted by Gasteiger charge is -2.11. The Bertz CT molecular complexity index is 962. The van der Waals surface area contributed by atoms with Crippen LogP contribution in [-0.2, 0) is 17.6 Å². The lowest BCUT2D eigenvalue weighted by atomic mass is 10.1. The molecule has 3 aromatic rings. The molecule has 1 aromatic heterocycles. The molecule has 0 fully saturated rings. The minimum Gasteiger partial charge on any atom is -0.425 e. The molecule has 1 N–H and O–H groups in total. The largest absolute Gasteiger partial charge is 0.425 e. The van der Waals surface area contributed by atoms with E-state index in [0.29, 0.717) is 17.2 Å². The van der Waals surface area contributed by atoms with Gasteiger partial charge in [0, 0.05) is 24.8 Å². The number of ether oxygens (including phenoxy) is 1. The second-order valence-corrected chi connectivity index (χ2v) is 7.11. The van der Waals surface area contributed by atoms with Gasteiger partial charge in [-0.15, -0.1) is 0 Å². The molecule has 0 atom stereocenters. The van der Waals surface area contributed by atoms with E-state index in [1.807, 2.05) is 31.2 Å². The molecule has 0 saturated heterocycles. The maximum Gasteiger partial charge on any atom is 0.313 e. The molecule has 5 nitrogen and oxygen atoms in total. The van der Waals surface area contributed by atoms with E-state index in [4.69, 9.17) is 26.4 Å². The number of hydrogen-bond acceptors (Lipinski definition) is 4. The predicted molar refractivity (Wildman–Crippen MR) is 107 cm³/mol. The molecule has 0 saturated carbocycles. The Morgan fingerprint density at radius 2 is 1.96 bits per heavy atom. The summed E-state index contributed by atoms with van der Waals surface area (Å²) in [6.07, 6.45) is 1.37. The normalized spacial score (nSPS) is 11.3. The van der Waals surface area contributed by atoms with Gasteiger partial charge in [0.15, 0.2) is 5.75 Å². The second kappa shape index (κ2) is 8.11. The maximum atomic E-state index is 11.9. The van der Waals surface area contributed by atoms with Crippen molar-refractivity contribution in [1.82, 2.24) is 9.55 Å². The minimum atomic E-state index is -0.328. The van der Waals surface area contributed by atoms with Gasteiger partial charge in [0.25, 0.3) is 0 Å². The van der Waals surface area contributed by atoms with Crippen LogP contribution in [0, 0.1) is 5.92 Å². The first-order chi connectivity index (χ1) is 12.9. The zero-order chi connectivity index (χ0) is 19.6. The van der Waals surface area contributed by atoms with Gasteiger partial charge in [-0.1, -0.05) is 44.5 Å². The van der Waals surface area contributed by atoms with E-state index in [1.54, 1.807) is 26.0 Å². The number of benzene rings is 2. The fourth-order valence-corrected chi connectivity index (χ4v) is 3.10. The number of hydrogen-bond donors (Lipinski definition) is 1. The van der Waals surface area contributed by atoms with Gasteiger partial charge in [0.05, 0.1) is 22.0 Å². The molecule has 0 amide bonds. The van der Waals surface area contributed by atoms with Crippen molar-refractivity contribution in [1.29, 1.82) is 0 Å². The Balaban J connectivity index is 2.07. The van der Waals surface area contributed by atoms with Crippen LogP contribution in [0.3, 0.4) is 0 Å². The molecule has 3 rings (SSSR count). The Morgan fingerprint density at radius 3 is 2.56 bits per heavy atom. The van der Waals surface area contributed by atoms with Crippen LogP contribution in [0.2, 0.25) is 5.02 Å². The van der Waals surface area contributed by atoms with Gasteiger partial charge >= 0.3 is 5.97 Å². The number of aliphatic hydroxyl groups excluding tert-OH is 1. The molecule has 0 bridgehead atoms. The number of aliphatic hydroxyl groups is 1. The van der Waals surface area contributed by atoms with Crippen molar-refractivity contribution in [3.8, 4) is 11.4 Å². The highest BCUT2D eigenvalue weighted by molar-refractivity contribution is 6.33. The molecule has 0 spiro atoms. The van der Waals surface area contributed by atoms with Crippen molar-refractivity contribution >= 4 is 28.6 Å². The summed E-state index contributed by atoms with van der Waals surface area (Å²) in [7, 11) is 0. The summed E-state index contributed by atoms with van der Waals surface area (Å²) in [5.41, 5.74) is 3.63. The number of imidazole rings is 1.